The number of nitrogens with zero attached hydrogens (tertiary/aromatic N) is 1. The summed E-state index contributed by atoms with van der Waals surface area (Å²) in [5.41, 5.74) is 1.23. The molecule has 0 spiro atoms. The maximum Gasteiger partial charge on any atom is 0.339 e. The van der Waals surface area contributed by atoms with Crippen molar-refractivity contribution in [1.82, 2.24) is 4.90 Å². The molecule has 0 radical (unpaired) electrons. The molecule has 1 saturated heterocycles. The maximum atomic E-state index is 12.6. The van der Waals surface area contributed by atoms with Gasteiger partial charge in [0.15, 0.2) is 5.75 Å². The smallest absolute Gasteiger partial charge is 0.339 e. The molecule has 12 heteroatoms. The number of amides is 2. The first kappa shape index (κ1) is 24.6. The Balaban J connectivity index is 1.91. The molecule has 0 atom stereocenters. The standard InChI is InChI=1S/C21H18ClNO8S2/c1-12-4-6-14(7-5-12)33(27,28)31-19-15(22)8-13(9-16(19)29-2)10-17-20(25)23(21(26)32-17)11-18(24)30-3/h4-10H,11H2,1-3H3/b17-10-. The fourth-order valence-corrected chi connectivity index (χ4v) is 4.85. The number of hydrogen-bond donors (Lipinski definition) is 0. The summed E-state index contributed by atoms with van der Waals surface area (Å²) in [5.74, 6) is -1.64. The van der Waals surface area contributed by atoms with Crippen LogP contribution >= 0.6 is 23.4 Å². The number of esters is 1. The van der Waals surface area contributed by atoms with Crippen LogP contribution in [0.3, 0.4) is 0 Å². The van der Waals surface area contributed by atoms with Gasteiger partial charge in [0, 0.05) is 0 Å². The predicted molar refractivity (Wildman–Crippen MR) is 122 cm³/mol. The van der Waals surface area contributed by atoms with Crippen molar-refractivity contribution < 1.29 is 36.5 Å². The van der Waals surface area contributed by atoms with E-state index in [0.717, 1.165) is 17.6 Å². The van der Waals surface area contributed by atoms with Gasteiger partial charge in [0.1, 0.15) is 11.4 Å². The third-order valence-corrected chi connectivity index (χ3v) is 6.86. The number of halogens is 1. The molecule has 33 heavy (non-hydrogen) atoms. The summed E-state index contributed by atoms with van der Waals surface area (Å²) < 4.78 is 40.2. The van der Waals surface area contributed by atoms with Gasteiger partial charge in [-0.15, -0.1) is 0 Å². The molecule has 2 amide bonds. The molecule has 2 aromatic rings. The van der Waals surface area contributed by atoms with Crippen molar-refractivity contribution in [1.29, 1.82) is 0 Å². The van der Waals surface area contributed by atoms with Crippen LogP contribution in [-0.4, -0.2) is 51.2 Å². The molecule has 0 aliphatic carbocycles. The fourth-order valence-electron chi connectivity index (χ4n) is 2.75. The van der Waals surface area contributed by atoms with Gasteiger partial charge in [-0.3, -0.25) is 19.3 Å². The molecule has 0 saturated carbocycles. The third-order valence-electron chi connectivity index (χ3n) is 4.44. The van der Waals surface area contributed by atoms with Crippen LogP contribution in [0.5, 0.6) is 11.5 Å². The van der Waals surface area contributed by atoms with E-state index in [4.69, 9.17) is 20.5 Å². The van der Waals surface area contributed by atoms with Crippen molar-refractivity contribution in [3.05, 3.63) is 57.5 Å². The first-order valence-corrected chi connectivity index (χ1v) is 11.9. The summed E-state index contributed by atoms with van der Waals surface area (Å²) in [5, 5.41) is -0.719. The lowest BCUT2D eigenvalue weighted by Crippen LogP contribution is -2.34. The Kier molecular flexibility index (Phi) is 7.35. The quantitative estimate of drug-likeness (QED) is 0.312. The summed E-state index contributed by atoms with van der Waals surface area (Å²) in [4.78, 5) is 36.7. The van der Waals surface area contributed by atoms with Gasteiger partial charge in [-0.05, 0) is 54.6 Å². The Morgan fingerprint density at radius 3 is 2.42 bits per heavy atom. The number of carbonyl (C=O) groups excluding carboxylic acids is 3. The lowest BCUT2D eigenvalue weighted by Gasteiger charge is -2.13. The van der Waals surface area contributed by atoms with E-state index < -0.39 is 33.8 Å². The van der Waals surface area contributed by atoms with Crippen LogP contribution in [0.1, 0.15) is 11.1 Å². The number of carbonyl (C=O) groups is 3. The summed E-state index contributed by atoms with van der Waals surface area (Å²) in [6.45, 7) is 1.31. The first-order valence-electron chi connectivity index (χ1n) is 9.26. The lowest BCUT2D eigenvalue weighted by molar-refractivity contribution is -0.143. The maximum absolute atomic E-state index is 12.6. The Bertz CT molecular complexity index is 1260. The van der Waals surface area contributed by atoms with E-state index in [9.17, 15) is 22.8 Å². The van der Waals surface area contributed by atoms with Gasteiger partial charge >= 0.3 is 16.1 Å². The highest BCUT2D eigenvalue weighted by molar-refractivity contribution is 8.18. The van der Waals surface area contributed by atoms with E-state index in [0.29, 0.717) is 17.3 Å². The van der Waals surface area contributed by atoms with Crippen LogP contribution in [0, 0.1) is 6.92 Å². The van der Waals surface area contributed by atoms with Crippen molar-refractivity contribution in [2.24, 2.45) is 0 Å². The molecular formula is C21H18ClNO8S2. The van der Waals surface area contributed by atoms with Crippen LogP contribution in [-0.2, 0) is 24.4 Å². The predicted octanol–water partition coefficient (Wildman–Crippen LogP) is 3.63. The molecule has 1 fully saturated rings. The summed E-state index contributed by atoms with van der Waals surface area (Å²) in [6, 6.07) is 8.84. The number of thioether (sulfide) groups is 1. The number of aryl methyl sites for hydroxylation is 1. The second kappa shape index (κ2) is 9.86. The minimum Gasteiger partial charge on any atom is -0.493 e. The average Bonchev–Trinajstić information content (AvgIpc) is 3.02. The monoisotopic (exact) mass is 511 g/mol. The van der Waals surface area contributed by atoms with E-state index in [1.165, 1.54) is 37.5 Å². The molecule has 0 unspecified atom stereocenters. The molecule has 1 aliphatic heterocycles. The average molecular weight is 512 g/mol. The van der Waals surface area contributed by atoms with Crippen LogP contribution in [0.25, 0.3) is 6.08 Å². The lowest BCUT2D eigenvalue weighted by atomic mass is 10.2. The van der Waals surface area contributed by atoms with Gasteiger partial charge in [-0.1, -0.05) is 29.3 Å². The van der Waals surface area contributed by atoms with Gasteiger partial charge in [0.2, 0.25) is 5.75 Å². The van der Waals surface area contributed by atoms with E-state index in [2.05, 4.69) is 4.74 Å². The number of imide groups is 1. The van der Waals surface area contributed by atoms with Crippen LogP contribution in [0.4, 0.5) is 4.79 Å². The van der Waals surface area contributed by atoms with Gasteiger partial charge < -0.3 is 13.7 Å². The Hall–Kier alpha value is -3.02. The number of hydrogen-bond acceptors (Lipinski definition) is 9. The molecular weight excluding hydrogens is 494 g/mol. The Morgan fingerprint density at radius 2 is 1.82 bits per heavy atom. The normalized spacial score (nSPS) is 15.2. The molecule has 1 heterocycles. The van der Waals surface area contributed by atoms with Crippen LogP contribution in [0.2, 0.25) is 5.02 Å². The highest BCUT2D eigenvalue weighted by Crippen LogP contribution is 2.40. The Labute approximate surface area is 199 Å². The summed E-state index contributed by atoms with van der Waals surface area (Å²) in [6.07, 6.45) is 1.37. The number of methoxy groups -OCH3 is 2. The largest absolute Gasteiger partial charge is 0.493 e. The minimum atomic E-state index is -4.19. The van der Waals surface area contributed by atoms with Crippen molar-refractivity contribution in [3.63, 3.8) is 0 Å². The number of benzene rings is 2. The molecule has 2 aromatic carbocycles. The highest BCUT2D eigenvalue weighted by atomic mass is 35.5. The first-order chi connectivity index (χ1) is 15.6. The fraction of sp³-hybridized carbons (Fsp3) is 0.190. The molecule has 174 valence electrons. The van der Waals surface area contributed by atoms with Crippen molar-refractivity contribution >= 4 is 56.7 Å². The van der Waals surface area contributed by atoms with Crippen LogP contribution < -0.4 is 8.92 Å². The van der Waals surface area contributed by atoms with Crippen molar-refractivity contribution in [2.45, 2.75) is 11.8 Å². The summed E-state index contributed by atoms with van der Waals surface area (Å²) in [7, 11) is -1.75. The molecule has 0 N–H and O–H groups in total. The second-order valence-corrected chi connectivity index (χ2v) is 9.68. The molecule has 3 rings (SSSR count). The molecule has 1 aliphatic rings. The zero-order chi connectivity index (χ0) is 24.3. The Morgan fingerprint density at radius 1 is 1.15 bits per heavy atom. The zero-order valence-electron chi connectivity index (χ0n) is 17.7. The molecule has 9 nitrogen and oxygen atoms in total. The van der Waals surface area contributed by atoms with E-state index in [1.807, 2.05) is 6.92 Å². The summed E-state index contributed by atoms with van der Waals surface area (Å²) >= 11 is 6.91. The van der Waals surface area contributed by atoms with Crippen molar-refractivity contribution in [2.75, 3.05) is 20.8 Å². The second-order valence-electron chi connectivity index (χ2n) is 6.73. The van der Waals surface area contributed by atoms with E-state index >= 15 is 0 Å². The SMILES string of the molecule is COC(=O)CN1C(=O)S/C(=C\c2cc(Cl)c(OS(=O)(=O)c3ccc(C)cc3)c(OC)c2)C1=O. The highest BCUT2D eigenvalue weighted by Gasteiger charge is 2.36. The molecule has 0 aromatic heterocycles. The van der Waals surface area contributed by atoms with Gasteiger partial charge in [-0.2, -0.15) is 8.42 Å². The minimum absolute atomic E-state index is 0.00164. The van der Waals surface area contributed by atoms with Gasteiger partial charge in [0.25, 0.3) is 11.1 Å². The topological polar surface area (TPSA) is 116 Å². The zero-order valence-corrected chi connectivity index (χ0v) is 20.0. The molecule has 0 bridgehead atoms. The van der Waals surface area contributed by atoms with Gasteiger partial charge in [0.05, 0.1) is 24.1 Å². The van der Waals surface area contributed by atoms with Gasteiger partial charge in [-0.25, -0.2) is 0 Å². The van der Waals surface area contributed by atoms with E-state index in [1.54, 1.807) is 12.1 Å². The van der Waals surface area contributed by atoms with E-state index in [-0.39, 0.29) is 26.3 Å². The van der Waals surface area contributed by atoms with Crippen LogP contribution in [0.15, 0.2) is 46.2 Å². The number of ether oxygens (including phenoxy) is 2. The third kappa shape index (κ3) is 5.49. The number of rotatable bonds is 7. The van der Waals surface area contributed by atoms with Crippen molar-refractivity contribution in [3.8, 4) is 11.5 Å².